The molecule has 2 amide bonds. The summed E-state index contributed by atoms with van der Waals surface area (Å²) in [7, 11) is 0. The van der Waals surface area contributed by atoms with Crippen molar-refractivity contribution in [1.82, 2.24) is 5.32 Å². The van der Waals surface area contributed by atoms with Gasteiger partial charge in [0.2, 0.25) is 5.91 Å². The Morgan fingerprint density at radius 1 is 1.43 bits per heavy atom. The third kappa shape index (κ3) is 2.78. The average Bonchev–Trinajstić information content (AvgIpc) is 2.14. The summed E-state index contributed by atoms with van der Waals surface area (Å²) in [6.45, 7) is -0.214. The molecule has 0 heterocycles. The Morgan fingerprint density at radius 2 is 2.14 bits per heavy atom. The molecule has 5 nitrogen and oxygen atoms in total. The fourth-order valence-corrected chi connectivity index (χ4v) is 0.917. The van der Waals surface area contributed by atoms with Gasteiger partial charge in [-0.25, -0.2) is 0 Å². The molecule has 1 aromatic carbocycles. The Bertz CT molecular complexity index is 363. The molecule has 0 aromatic heterocycles. The molecule has 0 bridgehead atoms. The SMILES string of the molecule is NC(=O)CNC(=O)c1cccc(O)c1. The zero-order valence-electron chi connectivity index (χ0n) is 7.36. The van der Waals surface area contributed by atoms with Crippen molar-refractivity contribution in [3.8, 4) is 5.75 Å². The highest BCUT2D eigenvalue weighted by atomic mass is 16.3. The van der Waals surface area contributed by atoms with E-state index in [2.05, 4.69) is 5.32 Å². The molecule has 0 spiro atoms. The van der Waals surface area contributed by atoms with E-state index < -0.39 is 11.8 Å². The Labute approximate surface area is 80.5 Å². The van der Waals surface area contributed by atoms with Crippen molar-refractivity contribution in [3.63, 3.8) is 0 Å². The van der Waals surface area contributed by atoms with Crippen molar-refractivity contribution < 1.29 is 14.7 Å². The van der Waals surface area contributed by atoms with Gasteiger partial charge in [-0.2, -0.15) is 0 Å². The number of aromatic hydroxyl groups is 1. The Hall–Kier alpha value is -2.04. The first kappa shape index (κ1) is 10.0. The monoisotopic (exact) mass is 194 g/mol. The van der Waals surface area contributed by atoms with Crippen molar-refractivity contribution in [2.24, 2.45) is 5.73 Å². The summed E-state index contributed by atoms with van der Waals surface area (Å²) in [6, 6.07) is 5.81. The van der Waals surface area contributed by atoms with Gasteiger partial charge in [0.15, 0.2) is 0 Å². The Kier molecular flexibility index (Phi) is 3.06. The van der Waals surface area contributed by atoms with E-state index in [-0.39, 0.29) is 17.9 Å². The minimum absolute atomic E-state index is 0.00303. The highest BCUT2D eigenvalue weighted by Gasteiger charge is 2.05. The van der Waals surface area contributed by atoms with Crippen LogP contribution in [0, 0.1) is 0 Å². The molecule has 74 valence electrons. The lowest BCUT2D eigenvalue weighted by Crippen LogP contribution is -2.33. The number of amides is 2. The van der Waals surface area contributed by atoms with Crippen LogP contribution >= 0.6 is 0 Å². The number of rotatable bonds is 3. The number of carbonyl (C=O) groups excluding carboxylic acids is 2. The molecule has 0 fully saturated rings. The molecule has 0 unspecified atom stereocenters. The largest absolute Gasteiger partial charge is 0.508 e. The second-order valence-electron chi connectivity index (χ2n) is 2.70. The van der Waals surface area contributed by atoms with E-state index >= 15 is 0 Å². The summed E-state index contributed by atoms with van der Waals surface area (Å²) in [4.78, 5) is 21.6. The van der Waals surface area contributed by atoms with Crippen LogP contribution in [0.1, 0.15) is 10.4 Å². The lowest BCUT2D eigenvalue weighted by molar-refractivity contribution is -0.117. The van der Waals surface area contributed by atoms with Crippen LogP contribution in [0.25, 0.3) is 0 Å². The van der Waals surface area contributed by atoms with Gasteiger partial charge in [-0.1, -0.05) is 6.07 Å². The first-order valence-corrected chi connectivity index (χ1v) is 3.95. The summed E-state index contributed by atoms with van der Waals surface area (Å²) in [5, 5.41) is 11.4. The second-order valence-corrected chi connectivity index (χ2v) is 2.70. The predicted molar refractivity (Wildman–Crippen MR) is 49.6 cm³/mol. The van der Waals surface area contributed by atoms with Gasteiger partial charge in [0.05, 0.1) is 6.54 Å². The average molecular weight is 194 g/mol. The van der Waals surface area contributed by atoms with Gasteiger partial charge in [0, 0.05) is 5.56 Å². The van der Waals surface area contributed by atoms with Gasteiger partial charge in [-0.3, -0.25) is 9.59 Å². The lowest BCUT2D eigenvalue weighted by Gasteiger charge is -2.02. The van der Waals surface area contributed by atoms with Crippen LogP contribution in [0.4, 0.5) is 0 Å². The number of hydrogen-bond acceptors (Lipinski definition) is 3. The molecular weight excluding hydrogens is 184 g/mol. The van der Waals surface area contributed by atoms with Crippen LogP contribution in [-0.2, 0) is 4.79 Å². The fourth-order valence-electron chi connectivity index (χ4n) is 0.917. The Balaban J connectivity index is 2.65. The van der Waals surface area contributed by atoms with E-state index in [1.165, 1.54) is 24.3 Å². The van der Waals surface area contributed by atoms with Gasteiger partial charge < -0.3 is 16.2 Å². The number of nitrogens with one attached hydrogen (secondary N) is 1. The van der Waals surface area contributed by atoms with E-state index in [0.29, 0.717) is 0 Å². The molecule has 0 aliphatic carbocycles. The molecule has 0 radical (unpaired) electrons. The Morgan fingerprint density at radius 3 is 2.71 bits per heavy atom. The van der Waals surface area contributed by atoms with Crippen LogP contribution in [0.5, 0.6) is 5.75 Å². The quantitative estimate of drug-likeness (QED) is 0.611. The van der Waals surface area contributed by atoms with E-state index in [1.54, 1.807) is 0 Å². The normalized spacial score (nSPS) is 9.43. The van der Waals surface area contributed by atoms with E-state index in [1.807, 2.05) is 0 Å². The summed E-state index contributed by atoms with van der Waals surface area (Å²) < 4.78 is 0. The third-order valence-corrected chi connectivity index (χ3v) is 1.53. The molecule has 1 aromatic rings. The molecule has 0 aliphatic rings. The zero-order valence-corrected chi connectivity index (χ0v) is 7.36. The predicted octanol–water partition coefficient (Wildman–Crippen LogP) is -0.393. The lowest BCUT2D eigenvalue weighted by atomic mass is 10.2. The van der Waals surface area contributed by atoms with E-state index in [9.17, 15) is 9.59 Å². The molecule has 0 saturated carbocycles. The standard InChI is InChI=1S/C9H10N2O3/c10-8(13)5-11-9(14)6-2-1-3-7(12)4-6/h1-4,12H,5H2,(H2,10,13)(H,11,14). The molecule has 14 heavy (non-hydrogen) atoms. The first-order valence-electron chi connectivity index (χ1n) is 3.95. The van der Waals surface area contributed by atoms with Gasteiger partial charge in [-0.05, 0) is 18.2 Å². The molecule has 4 N–H and O–H groups in total. The number of phenolic OH excluding ortho intramolecular Hbond substituents is 1. The maximum absolute atomic E-state index is 11.3. The number of benzene rings is 1. The maximum atomic E-state index is 11.3. The minimum atomic E-state index is -0.612. The van der Waals surface area contributed by atoms with Gasteiger partial charge in [0.25, 0.3) is 5.91 Å². The van der Waals surface area contributed by atoms with Gasteiger partial charge in [0.1, 0.15) is 5.75 Å². The number of phenols is 1. The zero-order chi connectivity index (χ0) is 10.6. The van der Waals surface area contributed by atoms with Crippen molar-refractivity contribution in [2.75, 3.05) is 6.54 Å². The highest BCUT2D eigenvalue weighted by molar-refractivity contribution is 5.96. The topological polar surface area (TPSA) is 92.4 Å². The van der Waals surface area contributed by atoms with Crippen LogP contribution in [0.2, 0.25) is 0 Å². The highest BCUT2D eigenvalue weighted by Crippen LogP contribution is 2.10. The summed E-state index contributed by atoms with van der Waals surface area (Å²) in [5.74, 6) is -1.06. The summed E-state index contributed by atoms with van der Waals surface area (Å²) in [6.07, 6.45) is 0. The van der Waals surface area contributed by atoms with Crippen molar-refractivity contribution in [3.05, 3.63) is 29.8 Å². The molecule has 5 heteroatoms. The summed E-state index contributed by atoms with van der Waals surface area (Å²) in [5.41, 5.74) is 5.13. The maximum Gasteiger partial charge on any atom is 0.251 e. The number of nitrogens with two attached hydrogens (primary N) is 1. The van der Waals surface area contributed by atoms with E-state index in [0.717, 1.165) is 0 Å². The molecular formula is C9H10N2O3. The number of hydrogen-bond donors (Lipinski definition) is 3. The number of carbonyl (C=O) groups is 2. The van der Waals surface area contributed by atoms with Crippen molar-refractivity contribution in [2.45, 2.75) is 0 Å². The molecule has 0 saturated heterocycles. The first-order chi connectivity index (χ1) is 6.59. The van der Waals surface area contributed by atoms with Crippen LogP contribution in [0.3, 0.4) is 0 Å². The minimum Gasteiger partial charge on any atom is -0.508 e. The smallest absolute Gasteiger partial charge is 0.251 e. The fraction of sp³-hybridized carbons (Fsp3) is 0.111. The van der Waals surface area contributed by atoms with Gasteiger partial charge >= 0.3 is 0 Å². The second kappa shape index (κ2) is 4.27. The summed E-state index contributed by atoms with van der Waals surface area (Å²) >= 11 is 0. The van der Waals surface area contributed by atoms with Crippen LogP contribution < -0.4 is 11.1 Å². The number of primary amides is 1. The van der Waals surface area contributed by atoms with Crippen molar-refractivity contribution >= 4 is 11.8 Å². The van der Waals surface area contributed by atoms with Crippen molar-refractivity contribution in [1.29, 1.82) is 0 Å². The van der Waals surface area contributed by atoms with Crippen LogP contribution in [0.15, 0.2) is 24.3 Å². The third-order valence-electron chi connectivity index (χ3n) is 1.53. The van der Waals surface area contributed by atoms with Crippen LogP contribution in [-0.4, -0.2) is 23.5 Å². The molecule has 0 aliphatic heterocycles. The van der Waals surface area contributed by atoms with E-state index in [4.69, 9.17) is 10.8 Å². The molecule has 0 atom stereocenters. The molecule has 1 rings (SSSR count). The van der Waals surface area contributed by atoms with Gasteiger partial charge in [-0.15, -0.1) is 0 Å².